The molecule has 0 bridgehead atoms. The van der Waals surface area contributed by atoms with Crippen molar-refractivity contribution in [3.8, 4) is 0 Å². The van der Waals surface area contributed by atoms with Gasteiger partial charge >= 0.3 is 0 Å². The van der Waals surface area contributed by atoms with Crippen LogP contribution in [0.15, 0.2) is 0 Å². The third-order valence-corrected chi connectivity index (χ3v) is 4.60. The largest absolute Gasteiger partial charge is 0.376 e. The van der Waals surface area contributed by atoms with Crippen LogP contribution in [0.2, 0.25) is 0 Å². The second kappa shape index (κ2) is 7.05. The van der Waals surface area contributed by atoms with Crippen molar-refractivity contribution in [2.75, 3.05) is 39.3 Å². The van der Waals surface area contributed by atoms with Crippen molar-refractivity contribution in [3.05, 3.63) is 0 Å². The van der Waals surface area contributed by atoms with E-state index < -0.39 is 0 Å². The van der Waals surface area contributed by atoms with Crippen LogP contribution in [0.1, 0.15) is 46.5 Å². The predicted molar refractivity (Wildman–Crippen MR) is 80.5 cm³/mol. The zero-order chi connectivity index (χ0) is 13.7. The van der Waals surface area contributed by atoms with E-state index in [9.17, 15) is 0 Å². The molecule has 1 atom stereocenters. The second-order valence-electron chi connectivity index (χ2n) is 7.15. The number of nitrogens with one attached hydrogen (secondary N) is 1. The molecule has 2 aliphatic rings. The van der Waals surface area contributed by atoms with Gasteiger partial charge in [-0.1, -0.05) is 26.7 Å². The van der Waals surface area contributed by atoms with Crippen molar-refractivity contribution in [2.45, 2.75) is 52.6 Å². The van der Waals surface area contributed by atoms with Gasteiger partial charge < -0.3 is 10.1 Å². The van der Waals surface area contributed by atoms with Crippen molar-refractivity contribution in [1.82, 2.24) is 10.2 Å². The maximum absolute atomic E-state index is 5.66. The summed E-state index contributed by atoms with van der Waals surface area (Å²) in [6.45, 7) is 13.6. The Kier molecular flexibility index (Phi) is 5.67. The molecule has 1 aliphatic carbocycles. The lowest BCUT2D eigenvalue weighted by atomic mass is 9.85. The van der Waals surface area contributed by atoms with Crippen LogP contribution in [0.5, 0.6) is 0 Å². The quantitative estimate of drug-likeness (QED) is 0.801. The van der Waals surface area contributed by atoms with Gasteiger partial charge in [-0.25, -0.2) is 0 Å². The van der Waals surface area contributed by atoms with Crippen LogP contribution in [0, 0.1) is 11.3 Å². The molecule has 1 heterocycles. The van der Waals surface area contributed by atoms with Crippen molar-refractivity contribution >= 4 is 0 Å². The molecule has 1 unspecified atom stereocenters. The van der Waals surface area contributed by atoms with Crippen LogP contribution in [0.4, 0.5) is 0 Å². The summed E-state index contributed by atoms with van der Waals surface area (Å²) in [4.78, 5) is 2.64. The fourth-order valence-corrected chi connectivity index (χ4v) is 3.65. The first-order valence-corrected chi connectivity index (χ1v) is 8.14. The maximum atomic E-state index is 5.66. The first-order valence-electron chi connectivity index (χ1n) is 8.14. The lowest BCUT2D eigenvalue weighted by Gasteiger charge is -2.39. The maximum Gasteiger partial charge on any atom is 0.0674 e. The van der Waals surface area contributed by atoms with Gasteiger partial charge in [-0.15, -0.1) is 0 Å². The number of rotatable bonds is 6. The summed E-state index contributed by atoms with van der Waals surface area (Å²) in [7, 11) is 0. The van der Waals surface area contributed by atoms with Gasteiger partial charge in [-0.2, -0.15) is 0 Å². The normalized spacial score (nSPS) is 28.1. The van der Waals surface area contributed by atoms with E-state index in [1.54, 1.807) is 0 Å². The molecule has 2 rings (SSSR count). The second-order valence-corrected chi connectivity index (χ2v) is 7.15. The minimum absolute atomic E-state index is 0.413. The molecule has 0 amide bonds. The zero-order valence-electron chi connectivity index (χ0n) is 13.1. The fraction of sp³-hybridized carbons (Fsp3) is 1.00. The Morgan fingerprint density at radius 3 is 2.68 bits per heavy atom. The van der Waals surface area contributed by atoms with Gasteiger partial charge in [0.25, 0.3) is 0 Å². The first kappa shape index (κ1) is 15.3. The number of hydrogen-bond donors (Lipinski definition) is 1. The van der Waals surface area contributed by atoms with Gasteiger partial charge in [-0.3, -0.25) is 4.90 Å². The van der Waals surface area contributed by atoms with Gasteiger partial charge in [-0.05, 0) is 37.6 Å². The lowest BCUT2D eigenvalue weighted by Crippen LogP contribution is -2.49. The number of ether oxygens (including phenoxy) is 1. The highest BCUT2D eigenvalue weighted by molar-refractivity contribution is 4.90. The zero-order valence-corrected chi connectivity index (χ0v) is 13.1. The highest BCUT2D eigenvalue weighted by Crippen LogP contribution is 2.38. The van der Waals surface area contributed by atoms with Gasteiger partial charge in [0.1, 0.15) is 0 Å². The van der Waals surface area contributed by atoms with Crippen molar-refractivity contribution in [3.63, 3.8) is 0 Å². The van der Waals surface area contributed by atoms with E-state index >= 15 is 0 Å². The van der Waals surface area contributed by atoms with Crippen LogP contribution in [0.25, 0.3) is 0 Å². The van der Waals surface area contributed by atoms with Gasteiger partial charge in [0.15, 0.2) is 0 Å². The average molecular weight is 268 g/mol. The number of nitrogens with zero attached hydrogens (tertiary/aromatic N) is 1. The first-order chi connectivity index (χ1) is 9.10. The molecule has 1 saturated carbocycles. The van der Waals surface area contributed by atoms with E-state index in [-0.39, 0.29) is 0 Å². The average Bonchev–Trinajstić information content (AvgIpc) is 2.77. The molecule has 0 aromatic rings. The van der Waals surface area contributed by atoms with Crippen molar-refractivity contribution < 1.29 is 4.74 Å². The van der Waals surface area contributed by atoms with Gasteiger partial charge in [0.2, 0.25) is 0 Å². The van der Waals surface area contributed by atoms with E-state index in [0.717, 1.165) is 32.2 Å². The lowest BCUT2D eigenvalue weighted by molar-refractivity contribution is -0.0319. The molecule has 19 heavy (non-hydrogen) atoms. The SMILES string of the molecule is CC(C)CNCC1(CN2CCOC(C)C2)CCCC1. The predicted octanol–water partition coefficient (Wildman–Crippen LogP) is 2.51. The molecular formula is C16H32N2O. The van der Waals surface area contributed by atoms with Gasteiger partial charge in [0.05, 0.1) is 12.7 Å². The van der Waals surface area contributed by atoms with Crippen LogP contribution in [-0.4, -0.2) is 50.3 Å². The molecule has 0 spiro atoms. The van der Waals surface area contributed by atoms with Crippen LogP contribution in [-0.2, 0) is 4.74 Å². The van der Waals surface area contributed by atoms with Crippen LogP contribution in [0.3, 0.4) is 0 Å². The molecule has 0 aromatic carbocycles. The molecule has 112 valence electrons. The summed E-state index contributed by atoms with van der Waals surface area (Å²) in [6.07, 6.45) is 6.07. The minimum Gasteiger partial charge on any atom is -0.376 e. The highest BCUT2D eigenvalue weighted by atomic mass is 16.5. The Morgan fingerprint density at radius 1 is 1.32 bits per heavy atom. The summed E-state index contributed by atoms with van der Waals surface area (Å²) in [5.74, 6) is 0.752. The Hall–Kier alpha value is -0.120. The molecule has 1 saturated heterocycles. The molecular weight excluding hydrogens is 236 g/mol. The number of hydrogen-bond acceptors (Lipinski definition) is 3. The third-order valence-electron chi connectivity index (χ3n) is 4.60. The standard InChI is InChI=1S/C16H32N2O/c1-14(2)10-17-12-16(6-4-5-7-16)13-18-8-9-19-15(3)11-18/h14-15,17H,4-13H2,1-3H3. The molecule has 0 radical (unpaired) electrons. The third kappa shape index (κ3) is 4.73. The molecule has 3 heteroatoms. The van der Waals surface area contributed by atoms with E-state index in [2.05, 4.69) is 31.0 Å². The Morgan fingerprint density at radius 2 is 2.05 bits per heavy atom. The summed E-state index contributed by atoms with van der Waals surface area (Å²) in [5.41, 5.74) is 0.534. The molecule has 0 aromatic heterocycles. The highest BCUT2D eigenvalue weighted by Gasteiger charge is 2.36. The molecule has 1 aliphatic heterocycles. The Labute approximate surface area is 119 Å². The Bertz CT molecular complexity index is 261. The van der Waals surface area contributed by atoms with Gasteiger partial charge in [0, 0.05) is 26.2 Å². The summed E-state index contributed by atoms with van der Waals surface area (Å²) < 4.78 is 5.66. The smallest absolute Gasteiger partial charge is 0.0674 e. The van der Waals surface area contributed by atoms with Crippen LogP contribution < -0.4 is 5.32 Å². The molecule has 3 nitrogen and oxygen atoms in total. The van der Waals surface area contributed by atoms with Crippen LogP contribution >= 0.6 is 0 Å². The van der Waals surface area contributed by atoms with E-state index in [1.165, 1.54) is 38.8 Å². The van der Waals surface area contributed by atoms with E-state index in [1.807, 2.05) is 0 Å². The summed E-state index contributed by atoms with van der Waals surface area (Å²) in [6, 6.07) is 0. The summed E-state index contributed by atoms with van der Waals surface area (Å²) >= 11 is 0. The summed E-state index contributed by atoms with van der Waals surface area (Å²) in [5, 5.41) is 3.71. The van der Waals surface area contributed by atoms with Crippen molar-refractivity contribution in [2.24, 2.45) is 11.3 Å². The number of morpholine rings is 1. The Balaban J connectivity index is 1.84. The monoisotopic (exact) mass is 268 g/mol. The topological polar surface area (TPSA) is 24.5 Å². The minimum atomic E-state index is 0.413. The van der Waals surface area contributed by atoms with E-state index in [0.29, 0.717) is 11.5 Å². The van der Waals surface area contributed by atoms with Crippen molar-refractivity contribution in [1.29, 1.82) is 0 Å². The molecule has 2 fully saturated rings. The fourth-order valence-electron chi connectivity index (χ4n) is 3.65. The molecule has 1 N–H and O–H groups in total. The van der Waals surface area contributed by atoms with E-state index in [4.69, 9.17) is 4.74 Å².